The molecule has 0 heterocycles. The highest BCUT2D eigenvalue weighted by Gasteiger charge is 2.14. The quantitative estimate of drug-likeness (QED) is 0.490. The van der Waals surface area contributed by atoms with E-state index >= 15 is 0 Å². The molecule has 0 saturated carbocycles. The molecule has 0 rings (SSSR count). The summed E-state index contributed by atoms with van der Waals surface area (Å²) >= 11 is 0. The number of carbonyl (C=O) groups excluding carboxylic acids is 1. The van der Waals surface area contributed by atoms with Crippen LogP contribution in [0.4, 0.5) is 0 Å². The van der Waals surface area contributed by atoms with Crippen molar-refractivity contribution in [1.82, 2.24) is 5.32 Å². The van der Waals surface area contributed by atoms with Crippen molar-refractivity contribution in [3.8, 4) is 0 Å². The van der Waals surface area contributed by atoms with Crippen LogP contribution in [-0.2, 0) is 14.3 Å². The number of carbonyl (C=O) groups is 2. The van der Waals surface area contributed by atoms with E-state index in [4.69, 9.17) is 15.6 Å². The Morgan fingerprint density at radius 1 is 1.35 bits per heavy atom. The Bertz CT molecular complexity index is 228. The van der Waals surface area contributed by atoms with E-state index in [1.165, 1.54) is 0 Å². The van der Waals surface area contributed by atoms with Crippen molar-refractivity contribution in [1.29, 1.82) is 0 Å². The maximum atomic E-state index is 10.4. The van der Waals surface area contributed by atoms with E-state index in [1.807, 2.05) is 34.6 Å². The fourth-order valence-corrected chi connectivity index (χ4v) is 0.853. The van der Waals surface area contributed by atoms with Gasteiger partial charge in [0.15, 0.2) is 0 Å². The summed E-state index contributed by atoms with van der Waals surface area (Å²) in [4.78, 5) is 20.4. The molecular formula is C14H32N2O4. The van der Waals surface area contributed by atoms with Crippen LogP contribution in [0.15, 0.2) is 0 Å². The molecule has 0 aliphatic carbocycles. The first kappa shape index (κ1) is 23.9. The molecule has 20 heavy (non-hydrogen) atoms. The zero-order valence-electron chi connectivity index (χ0n) is 13.7. The van der Waals surface area contributed by atoms with Crippen molar-refractivity contribution in [2.24, 2.45) is 5.73 Å². The zero-order chi connectivity index (χ0) is 16.6. The molecule has 1 atom stereocenters. The number of carboxylic acid groups (broad SMARTS) is 1. The number of amides is 1. The number of nitrogens with two attached hydrogens (primary N) is 1. The lowest BCUT2D eigenvalue weighted by atomic mass is 10.1. The van der Waals surface area contributed by atoms with Gasteiger partial charge in [-0.3, -0.25) is 4.79 Å². The first-order valence-electron chi connectivity index (χ1n) is 6.96. The summed E-state index contributed by atoms with van der Waals surface area (Å²) in [7, 11) is 1.71. The molecule has 0 saturated heterocycles. The number of ether oxygens (including phenoxy) is 1. The number of carboxylic acids is 1. The van der Waals surface area contributed by atoms with Gasteiger partial charge in [0.1, 0.15) is 6.04 Å². The second-order valence-electron chi connectivity index (χ2n) is 4.78. The van der Waals surface area contributed by atoms with Gasteiger partial charge in [0.2, 0.25) is 6.41 Å². The Balaban J connectivity index is -0.000000304. The van der Waals surface area contributed by atoms with Gasteiger partial charge < -0.3 is 20.9 Å². The second kappa shape index (κ2) is 15.9. The summed E-state index contributed by atoms with van der Waals surface area (Å²) < 4.78 is 4.94. The SMILES string of the molecule is CC.COC(C)(C)C.NCCCCC(NC=O)C(=O)O. The average molecular weight is 292 g/mol. The van der Waals surface area contributed by atoms with E-state index in [0.717, 1.165) is 6.42 Å². The van der Waals surface area contributed by atoms with Gasteiger partial charge in [-0.25, -0.2) is 4.79 Å². The fourth-order valence-electron chi connectivity index (χ4n) is 0.853. The van der Waals surface area contributed by atoms with Crippen LogP contribution in [-0.4, -0.2) is 42.8 Å². The predicted octanol–water partition coefficient (Wildman–Crippen LogP) is 1.77. The molecule has 0 radical (unpaired) electrons. The van der Waals surface area contributed by atoms with E-state index < -0.39 is 12.0 Å². The van der Waals surface area contributed by atoms with Crippen molar-refractivity contribution >= 4 is 12.4 Å². The molecule has 0 aromatic carbocycles. The molecule has 122 valence electrons. The largest absolute Gasteiger partial charge is 0.480 e. The standard InChI is InChI=1S/C7H14N2O3.C5H12O.C2H6/c8-4-2-1-3-6(7(11)12)9-5-10;1-5(2,3)6-4;1-2/h5-6H,1-4,8H2,(H,9,10)(H,11,12);1-4H3;1-2H3. The molecule has 0 bridgehead atoms. The normalized spacial score (nSPS) is 11.2. The van der Waals surface area contributed by atoms with Crippen molar-refractivity contribution in [3.63, 3.8) is 0 Å². The Hall–Kier alpha value is -1.14. The summed E-state index contributed by atoms with van der Waals surface area (Å²) in [6.45, 7) is 10.6. The molecule has 0 aliphatic rings. The molecule has 0 aromatic rings. The van der Waals surface area contributed by atoms with E-state index in [-0.39, 0.29) is 5.60 Å². The first-order chi connectivity index (χ1) is 9.28. The maximum Gasteiger partial charge on any atom is 0.326 e. The fraction of sp³-hybridized carbons (Fsp3) is 0.857. The number of hydrogen-bond donors (Lipinski definition) is 3. The zero-order valence-corrected chi connectivity index (χ0v) is 13.7. The monoisotopic (exact) mass is 292 g/mol. The molecule has 0 spiro atoms. The molecule has 4 N–H and O–H groups in total. The third-order valence-corrected chi connectivity index (χ3v) is 2.13. The molecule has 1 amide bonds. The van der Waals surface area contributed by atoms with Crippen LogP contribution in [0.25, 0.3) is 0 Å². The highest BCUT2D eigenvalue weighted by atomic mass is 16.5. The van der Waals surface area contributed by atoms with Crippen LogP contribution in [0, 0.1) is 0 Å². The topological polar surface area (TPSA) is 102 Å². The number of unbranched alkanes of at least 4 members (excludes halogenated alkanes) is 1. The highest BCUT2D eigenvalue weighted by molar-refractivity contribution is 5.76. The summed E-state index contributed by atoms with van der Waals surface area (Å²) in [5.41, 5.74) is 5.27. The minimum Gasteiger partial charge on any atom is -0.480 e. The van der Waals surface area contributed by atoms with E-state index in [1.54, 1.807) is 7.11 Å². The number of methoxy groups -OCH3 is 1. The Morgan fingerprint density at radius 2 is 1.80 bits per heavy atom. The minimum absolute atomic E-state index is 0.0417. The van der Waals surface area contributed by atoms with Gasteiger partial charge in [0.05, 0.1) is 5.60 Å². The smallest absolute Gasteiger partial charge is 0.326 e. The van der Waals surface area contributed by atoms with Crippen molar-refractivity contribution in [2.75, 3.05) is 13.7 Å². The lowest BCUT2D eigenvalue weighted by Crippen LogP contribution is -2.35. The summed E-state index contributed by atoms with van der Waals surface area (Å²) in [5.74, 6) is -1.00. The van der Waals surface area contributed by atoms with Gasteiger partial charge in [-0.15, -0.1) is 0 Å². The first-order valence-corrected chi connectivity index (χ1v) is 6.96. The molecule has 6 nitrogen and oxygen atoms in total. The third-order valence-electron chi connectivity index (χ3n) is 2.13. The van der Waals surface area contributed by atoms with Gasteiger partial charge in [-0.1, -0.05) is 13.8 Å². The van der Waals surface area contributed by atoms with Gasteiger partial charge in [0.25, 0.3) is 0 Å². The van der Waals surface area contributed by atoms with Crippen LogP contribution < -0.4 is 11.1 Å². The van der Waals surface area contributed by atoms with E-state index in [2.05, 4.69) is 5.32 Å². The average Bonchev–Trinajstić information content (AvgIpc) is 2.40. The van der Waals surface area contributed by atoms with E-state index in [9.17, 15) is 9.59 Å². The predicted molar refractivity (Wildman–Crippen MR) is 81.6 cm³/mol. The second-order valence-corrected chi connectivity index (χ2v) is 4.78. The third kappa shape index (κ3) is 22.1. The molecule has 0 fully saturated rings. The summed E-state index contributed by atoms with van der Waals surface area (Å²) in [5, 5.41) is 10.8. The lowest BCUT2D eigenvalue weighted by Gasteiger charge is -2.14. The molecule has 0 aromatic heterocycles. The van der Waals surface area contributed by atoms with Crippen LogP contribution >= 0.6 is 0 Å². The molecular weight excluding hydrogens is 260 g/mol. The van der Waals surface area contributed by atoms with Crippen molar-refractivity contribution < 1.29 is 19.4 Å². The number of nitrogens with one attached hydrogen (secondary N) is 1. The Labute approximate surface area is 123 Å². The van der Waals surface area contributed by atoms with E-state index in [0.29, 0.717) is 25.8 Å². The van der Waals surface area contributed by atoms with Crippen LogP contribution in [0.2, 0.25) is 0 Å². The number of aliphatic carboxylic acids is 1. The lowest BCUT2D eigenvalue weighted by molar-refractivity contribution is -0.140. The molecule has 1 unspecified atom stereocenters. The minimum atomic E-state index is -1.00. The van der Waals surface area contributed by atoms with Gasteiger partial charge >= 0.3 is 5.97 Å². The highest BCUT2D eigenvalue weighted by Crippen LogP contribution is 2.02. The number of hydrogen-bond acceptors (Lipinski definition) is 4. The van der Waals surface area contributed by atoms with Gasteiger partial charge in [0, 0.05) is 7.11 Å². The van der Waals surface area contributed by atoms with Crippen LogP contribution in [0.1, 0.15) is 53.9 Å². The molecule has 0 aliphatic heterocycles. The van der Waals surface area contributed by atoms with Gasteiger partial charge in [-0.05, 0) is 46.6 Å². The van der Waals surface area contributed by atoms with Crippen LogP contribution in [0.5, 0.6) is 0 Å². The Morgan fingerprint density at radius 3 is 2.05 bits per heavy atom. The summed E-state index contributed by atoms with van der Waals surface area (Å²) in [6, 6.07) is -0.769. The Kier molecular flexibility index (Phi) is 19.0. The maximum absolute atomic E-state index is 10.4. The summed E-state index contributed by atoms with van der Waals surface area (Å²) in [6.07, 6.45) is 2.34. The van der Waals surface area contributed by atoms with Crippen LogP contribution in [0.3, 0.4) is 0 Å². The van der Waals surface area contributed by atoms with Crippen molar-refractivity contribution in [2.45, 2.75) is 65.5 Å². The molecule has 6 heteroatoms. The number of rotatable bonds is 7. The van der Waals surface area contributed by atoms with Gasteiger partial charge in [-0.2, -0.15) is 0 Å². The van der Waals surface area contributed by atoms with Crippen molar-refractivity contribution in [3.05, 3.63) is 0 Å².